The number of carbonyl (C=O) groups excluding carboxylic acids is 1. The predicted molar refractivity (Wildman–Crippen MR) is 175 cm³/mol. The summed E-state index contributed by atoms with van der Waals surface area (Å²) in [6.45, 7) is 4.09. The molecule has 3 N–H and O–H groups in total. The van der Waals surface area contributed by atoms with Crippen LogP contribution in [0.5, 0.6) is 0 Å². The fourth-order valence-corrected chi connectivity index (χ4v) is 7.28. The molecule has 0 aromatic rings. The van der Waals surface area contributed by atoms with Crippen LogP contribution in [0.2, 0.25) is 0 Å². The molecule has 3 aliphatic heterocycles. The average Bonchev–Trinajstić information content (AvgIpc) is 3.75. The molecule has 3 rings (SSSR count). The summed E-state index contributed by atoms with van der Waals surface area (Å²) in [5.74, 6) is -0.281. The van der Waals surface area contributed by atoms with Crippen molar-refractivity contribution in [1.82, 2.24) is 0 Å². The van der Waals surface area contributed by atoms with Crippen molar-refractivity contribution in [2.75, 3.05) is 0 Å². The molecule has 2 fully saturated rings. The molecular weight excluding hydrogens is 556 g/mol. The number of unbranched alkanes of at least 4 members (excludes halogenated alkanes) is 14. The first kappa shape index (κ1) is 37.5. The Morgan fingerprint density at radius 3 is 1.52 bits per heavy atom. The molecule has 0 radical (unpaired) electrons. The van der Waals surface area contributed by atoms with E-state index in [-0.39, 0.29) is 42.6 Å². The normalized spacial score (nSPS) is 27.4. The minimum atomic E-state index is -0.463. The van der Waals surface area contributed by atoms with Crippen LogP contribution in [0.15, 0.2) is 11.6 Å². The van der Waals surface area contributed by atoms with E-state index in [4.69, 9.17) is 14.2 Å². The van der Waals surface area contributed by atoms with Crippen molar-refractivity contribution in [3.8, 4) is 0 Å². The lowest BCUT2D eigenvalue weighted by atomic mass is 10.00. The van der Waals surface area contributed by atoms with Crippen LogP contribution in [-0.2, 0) is 19.0 Å². The second-order valence-corrected chi connectivity index (χ2v) is 14.0. The Bertz CT molecular complexity index is 801. The summed E-state index contributed by atoms with van der Waals surface area (Å²) < 4.78 is 17.7. The van der Waals surface area contributed by atoms with Crippen molar-refractivity contribution in [2.24, 2.45) is 0 Å². The molecule has 0 aromatic carbocycles. The third-order valence-corrected chi connectivity index (χ3v) is 10.0. The molecule has 3 aliphatic rings. The molecule has 7 nitrogen and oxygen atoms in total. The molecule has 0 bridgehead atoms. The summed E-state index contributed by atoms with van der Waals surface area (Å²) in [4.78, 5) is 11.7. The number of esters is 1. The first-order chi connectivity index (χ1) is 21.4. The van der Waals surface area contributed by atoms with E-state index in [0.717, 1.165) is 77.0 Å². The first-order valence-electron chi connectivity index (χ1n) is 18.6. The first-order valence-corrected chi connectivity index (χ1v) is 18.6. The van der Waals surface area contributed by atoms with Crippen LogP contribution in [-0.4, -0.2) is 70.1 Å². The molecule has 256 valence electrons. The third kappa shape index (κ3) is 14.2. The van der Waals surface area contributed by atoms with E-state index in [9.17, 15) is 20.1 Å². The molecule has 0 spiro atoms. The number of carbonyl (C=O) groups is 1. The van der Waals surface area contributed by atoms with Gasteiger partial charge in [0.25, 0.3) is 0 Å². The van der Waals surface area contributed by atoms with Gasteiger partial charge in [0.1, 0.15) is 6.10 Å². The number of hydrogen-bond donors (Lipinski definition) is 3. The summed E-state index contributed by atoms with van der Waals surface area (Å²) in [7, 11) is 0. The van der Waals surface area contributed by atoms with Gasteiger partial charge < -0.3 is 29.5 Å². The van der Waals surface area contributed by atoms with Crippen LogP contribution in [0.1, 0.15) is 168 Å². The summed E-state index contributed by atoms with van der Waals surface area (Å²) in [5.41, 5.74) is 0.617. The second kappa shape index (κ2) is 21.7. The maximum absolute atomic E-state index is 11.7. The molecule has 0 aliphatic carbocycles. The van der Waals surface area contributed by atoms with E-state index < -0.39 is 12.2 Å². The molecule has 7 heteroatoms. The monoisotopic (exact) mass is 622 g/mol. The molecule has 0 saturated carbocycles. The lowest BCUT2D eigenvalue weighted by molar-refractivity contribution is -0.139. The zero-order valence-electron chi connectivity index (χ0n) is 28.1. The van der Waals surface area contributed by atoms with Crippen molar-refractivity contribution in [3.05, 3.63) is 11.6 Å². The Labute approximate surface area is 268 Å². The van der Waals surface area contributed by atoms with E-state index in [1.165, 1.54) is 70.6 Å². The maximum atomic E-state index is 11.7. The van der Waals surface area contributed by atoms with Crippen molar-refractivity contribution < 1.29 is 34.3 Å². The van der Waals surface area contributed by atoms with Gasteiger partial charge in [-0.25, -0.2) is 4.79 Å². The molecule has 2 saturated heterocycles. The number of aliphatic hydroxyl groups excluding tert-OH is 3. The second-order valence-electron chi connectivity index (χ2n) is 14.0. The van der Waals surface area contributed by atoms with Crippen molar-refractivity contribution >= 4 is 5.97 Å². The third-order valence-electron chi connectivity index (χ3n) is 10.0. The molecule has 2 unspecified atom stereocenters. The minimum absolute atomic E-state index is 0.0519. The average molecular weight is 623 g/mol. The Kier molecular flexibility index (Phi) is 18.5. The molecule has 3 heterocycles. The highest BCUT2D eigenvalue weighted by atomic mass is 16.6. The van der Waals surface area contributed by atoms with Gasteiger partial charge in [-0.15, -0.1) is 0 Å². The summed E-state index contributed by atoms with van der Waals surface area (Å²) in [6, 6.07) is 0. The fraction of sp³-hybridized carbons (Fsp3) is 0.919. The zero-order chi connectivity index (χ0) is 31.6. The van der Waals surface area contributed by atoms with Crippen LogP contribution in [0.3, 0.4) is 0 Å². The van der Waals surface area contributed by atoms with E-state index in [0.29, 0.717) is 12.0 Å². The Morgan fingerprint density at radius 2 is 1.09 bits per heavy atom. The minimum Gasteiger partial charge on any atom is -0.455 e. The van der Waals surface area contributed by atoms with E-state index in [2.05, 4.69) is 6.92 Å². The quantitative estimate of drug-likeness (QED) is 0.0703. The van der Waals surface area contributed by atoms with Gasteiger partial charge in [0, 0.05) is 12.0 Å². The van der Waals surface area contributed by atoms with Crippen LogP contribution < -0.4 is 0 Å². The van der Waals surface area contributed by atoms with Crippen LogP contribution >= 0.6 is 0 Å². The number of cyclic esters (lactones) is 1. The topological polar surface area (TPSA) is 105 Å². The molecule has 44 heavy (non-hydrogen) atoms. The van der Waals surface area contributed by atoms with Gasteiger partial charge in [-0.1, -0.05) is 110 Å². The lowest BCUT2D eigenvalue weighted by Crippen LogP contribution is -2.33. The molecule has 8 atom stereocenters. The molecule has 0 aromatic heterocycles. The van der Waals surface area contributed by atoms with Crippen LogP contribution in [0.25, 0.3) is 0 Å². The summed E-state index contributed by atoms with van der Waals surface area (Å²) >= 11 is 0. The lowest BCUT2D eigenvalue weighted by Gasteiger charge is -2.24. The maximum Gasteiger partial charge on any atom is 0.334 e. The largest absolute Gasteiger partial charge is 0.455 e. The SMILES string of the molecule is CCCCCCCCCC[C@H](O)[C@H]1CCC([C@H]2CC[C@H]([C@H](O)CCCCCCCCCCC(O)CC3=C[C@H](C)OC3=O)O2)O1. The van der Waals surface area contributed by atoms with Crippen LogP contribution in [0.4, 0.5) is 0 Å². The Hall–Kier alpha value is -0.990. The number of hydrogen-bond acceptors (Lipinski definition) is 7. The summed E-state index contributed by atoms with van der Waals surface area (Å²) in [6.07, 6.45) is 26.1. The number of ether oxygens (including phenoxy) is 3. The van der Waals surface area contributed by atoms with Gasteiger partial charge in [0.15, 0.2) is 0 Å². The van der Waals surface area contributed by atoms with E-state index >= 15 is 0 Å². The highest BCUT2D eigenvalue weighted by molar-refractivity contribution is 5.90. The highest BCUT2D eigenvalue weighted by Gasteiger charge is 2.40. The smallest absolute Gasteiger partial charge is 0.334 e. The van der Waals surface area contributed by atoms with Gasteiger partial charge in [-0.3, -0.25) is 0 Å². The van der Waals surface area contributed by atoms with Crippen molar-refractivity contribution in [3.63, 3.8) is 0 Å². The number of rotatable bonds is 25. The molecule has 0 amide bonds. The predicted octanol–water partition coefficient (Wildman–Crippen LogP) is 7.86. The molecular formula is C37H66O7. The van der Waals surface area contributed by atoms with Crippen molar-refractivity contribution in [2.45, 2.75) is 217 Å². The van der Waals surface area contributed by atoms with E-state index in [1.807, 2.05) is 13.0 Å². The summed E-state index contributed by atoms with van der Waals surface area (Å²) in [5, 5.41) is 31.6. The fourth-order valence-electron chi connectivity index (χ4n) is 7.28. The standard InChI is InChI=1S/C37H66O7/c1-3-4-5-6-7-11-14-17-20-31(39)33-22-24-35(43-33)36-25-23-34(44-36)32(40)21-18-15-12-9-8-10-13-16-19-30(38)27-29-26-28(2)42-37(29)41/h26,28,30-36,38-40H,3-25,27H2,1-2H3/t28-,30?,31-,32+,33+,34+,35?,36+/m0/s1. The Morgan fingerprint density at radius 1 is 0.659 bits per heavy atom. The zero-order valence-corrected chi connectivity index (χ0v) is 28.1. The van der Waals surface area contributed by atoms with Crippen LogP contribution in [0, 0.1) is 0 Å². The van der Waals surface area contributed by atoms with Gasteiger partial charge in [0.2, 0.25) is 0 Å². The van der Waals surface area contributed by atoms with Gasteiger partial charge >= 0.3 is 5.97 Å². The van der Waals surface area contributed by atoms with Gasteiger partial charge in [-0.05, 0) is 57.9 Å². The van der Waals surface area contributed by atoms with Gasteiger partial charge in [0.05, 0.1) is 42.7 Å². The number of aliphatic hydroxyl groups is 3. The van der Waals surface area contributed by atoms with Gasteiger partial charge in [-0.2, -0.15) is 0 Å². The van der Waals surface area contributed by atoms with E-state index in [1.54, 1.807) is 0 Å². The Balaban J connectivity index is 1.13. The highest BCUT2D eigenvalue weighted by Crippen LogP contribution is 2.34. The van der Waals surface area contributed by atoms with Crippen molar-refractivity contribution in [1.29, 1.82) is 0 Å².